The minimum Gasteiger partial charge on any atom is -0.497 e. The van der Waals surface area contributed by atoms with Crippen molar-refractivity contribution in [3.63, 3.8) is 0 Å². The van der Waals surface area contributed by atoms with E-state index in [9.17, 15) is 4.79 Å². The van der Waals surface area contributed by atoms with Crippen molar-refractivity contribution in [2.24, 2.45) is 0 Å². The van der Waals surface area contributed by atoms with E-state index >= 15 is 0 Å². The summed E-state index contributed by atoms with van der Waals surface area (Å²) in [6.45, 7) is 1.74. The van der Waals surface area contributed by atoms with Gasteiger partial charge in [0.2, 0.25) is 5.78 Å². The number of hydrogen-bond donors (Lipinski definition) is 1. The maximum Gasteiger partial charge on any atom is 0.209 e. The Bertz CT molecular complexity index is 479. The Hall–Kier alpha value is -1.97. The molecular weight excluding hydrogens is 218 g/mol. The van der Waals surface area contributed by atoms with Gasteiger partial charge in [0.1, 0.15) is 5.75 Å². The zero-order chi connectivity index (χ0) is 12.4. The topological polar surface area (TPSA) is 47.6 Å². The van der Waals surface area contributed by atoms with E-state index in [1.165, 1.54) is 0 Å². The number of ketones is 1. The molecule has 0 saturated heterocycles. The summed E-state index contributed by atoms with van der Waals surface area (Å²) in [6, 6.07) is 7.39. The minimum atomic E-state index is -0.432. The van der Waals surface area contributed by atoms with Gasteiger partial charge in [0.05, 0.1) is 12.7 Å². The van der Waals surface area contributed by atoms with Crippen LogP contribution in [0.25, 0.3) is 5.57 Å². The SMILES string of the molecule is CNC1=C(c2cccc(OC)c2)C(=O)C(C)O1. The van der Waals surface area contributed by atoms with Crippen LogP contribution in [0.15, 0.2) is 30.1 Å². The summed E-state index contributed by atoms with van der Waals surface area (Å²) >= 11 is 0. The molecular formula is C13H15NO3. The third kappa shape index (κ3) is 1.98. The molecule has 1 unspecified atom stereocenters. The maximum absolute atomic E-state index is 12.0. The second-order valence-electron chi connectivity index (χ2n) is 3.81. The molecule has 2 rings (SSSR count). The van der Waals surface area contributed by atoms with Gasteiger partial charge in [0.15, 0.2) is 12.0 Å². The predicted molar refractivity (Wildman–Crippen MR) is 64.5 cm³/mol. The van der Waals surface area contributed by atoms with Crippen molar-refractivity contribution in [2.75, 3.05) is 14.2 Å². The fourth-order valence-corrected chi connectivity index (χ4v) is 1.84. The fourth-order valence-electron chi connectivity index (χ4n) is 1.84. The lowest BCUT2D eigenvalue weighted by molar-refractivity contribution is -0.119. The molecule has 1 heterocycles. The Labute approximate surface area is 100 Å². The van der Waals surface area contributed by atoms with Crippen LogP contribution in [0.5, 0.6) is 5.75 Å². The number of rotatable bonds is 3. The van der Waals surface area contributed by atoms with Crippen LogP contribution in [0.1, 0.15) is 12.5 Å². The third-order valence-corrected chi connectivity index (χ3v) is 2.72. The van der Waals surface area contributed by atoms with E-state index in [2.05, 4.69) is 5.32 Å². The first-order valence-electron chi connectivity index (χ1n) is 5.44. The largest absolute Gasteiger partial charge is 0.497 e. The monoisotopic (exact) mass is 233 g/mol. The first-order chi connectivity index (χ1) is 8.17. The smallest absolute Gasteiger partial charge is 0.209 e. The third-order valence-electron chi connectivity index (χ3n) is 2.72. The molecule has 1 aliphatic rings. The number of ether oxygens (including phenoxy) is 2. The van der Waals surface area contributed by atoms with Crippen molar-refractivity contribution >= 4 is 11.4 Å². The van der Waals surface area contributed by atoms with Crippen molar-refractivity contribution in [3.05, 3.63) is 35.7 Å². The number of benzene rings is 1. The van der Waals surface area contributed by atoms with E-state index < -0.39 is 6.10 Å². The second kappa shape index (κ2) is 4.49. The van der Waals surface area contributed by atoms with E-state index in [1.807, 2.05) is 24.3 Å². The molecule has 1 aliphatic heterocycles. The first-order valence-corrected chi connectivity index (χ1v) is 5.44. The molecule has 90 valence electrons. The highest BCUT2D eigenvalue weighted by atomic mass is 16.5. The fraction of sp³-hybridized carbons (Fsp3) is 0.308. The molecule has 1 atom stereocenters. The highest BCUT2D eigenvalue weighted by Gasteiger charge is 2.32. The Kier molecular flexibility index (Phi) is 3.04. The van der Waals surface area contributed by atoms with Gasteiger partial charge < -0.3 is 14.8 Å². The summed E-state index contributed by atoms with van der Waals surface area (Å²) < 4.78 is 10.6. The van der Waals surface area contributed by atoms with Crippen LogP contribution < -0.4 is 10.1 Å². The minimum absolute atomic E-state index is 0.0115. The van der Waals surface area contributed by atoms with Crippen LogP contribution >= 0.6 is 0 Å². The molecule has 1 N–H and O–H groups in total. The average Bonchev–Trinajstić information content (AvgIpc) is 2.65. The van der Waals surface area contributed by atoms with Gasteiger partial charge >= 0.3 is 0 Å². The molecule has 1 aromatic carbocycles. The molecule has 4 heteroatoms. The van der Waals surface area contributed by atoms with Crippen molar-refractivity contribution < 1.29 is 14.3 Å². The molecule has 0 saturated carbocycles. The molecule has 17 heavy (non-hydrogen) atoms. The van der Waals surface area contributed by atoms with Gasteiger partial charge in [0.25, 0.3) is 0 Å². The van der Waals surface area contributed by atoms with E-state index in [0.717, 1.165) is 11.3 Å². The highest BCUT2D eigenvalue weighted by molar-refractivity contribution is 6.24. The zero-order valence-corrected chi connectivity index (χ0v) is 10.1. The van der Waals surface area contributed by atoms with Crippen LogP contribution in [0.4, 0.5) is 0 Å². The quantitative estimate of drug-likeness (QED) is 0.861. The van der Waals surface area contributed by atoms with Gasteiger partial charge in [-0.05, 0) is 24.6 Å². The highest BCUT2D eigenvalue weighted by Crippen LogP contribution is 2.30. The van der Waals surface area contributed by atoms with Crippen LogP contribution in [-0.2, 0) is 9.53 Å². The summed E-state index contributed by atoms with van der Waals surface area (Å²) in [4.78, 5) is 12.0. The summed E-state index contributed by atoms with van der Waals surface area (Å²) in [5, 5.41) is 2.91. The lowest BCUT2D eigenvalue weighted by Crippen LogP contribution is -2.13. The number of hydrogen-bond acceptors (Lipinski definition) is 4. The Morgan fingerprint density at radius 2 is 2.18 bits per heavy atom. The van der Waals surface area contributed by atoms with Crippen molar-refractivity contribution in [3.8, 4) is 5.75 Å². The van der Waals surface area contributed by atoms with E-state index in [4.69, 9.17) is 9.47 Å². The summed E-state index contributed by atoms with van der Waals surface area (Å²) in [7, 11) is 3.34. The Morgan fingerprint density at radius 3 is 2.82 bits per heavy atom. The molecule has 0 aromatic heterocycles. The lowest BCUT2D eigenvalue weighted by Gasteiger charge is -2.06. The van der Waals surface area contributed by atoms with Gasteiger partial charge in [-0.1, -0.05) is 12.1 Å². The average molecular weight is 233 g/mol. The number of methoxy groups -OCH3 is 1. The van der Waals surface area contributed by atoms with Crippen LogP contribution in [0.2, 0.25) is 0 Å². The van der Waals surface area contributed by atoms with E-state index in [1.54, 1.807) is 21.1 Å². The summed E-state index contributed by atoms with van der Waals surface area (Å²) in [5.41, 5.74) is 1.39. The molecule has 0 bridgehead atoms. The first kappa shape index (κ1) is 11.5. The van der Waals surface area contributed by atoms with Gasteiger partial charge in [-0.3, -0.25) is 4.79 Å². The molecule has 0 spiro atoms. The standard InChI is InChI=1S/C13H15NO3/c1-8-12(15)11(13(14-2)17-8)9-5-4-6-10(7-9)16-3/h4-8,14H,1-3H3. The van der Waals surface area contributed by atoms with Gasteiger partial charge in [-0.25, -0.2) is 0 Å². The second-order valence-corrected chi connectivity index (χ2v) is 3.81. The number of carbonyl (C=O) groups excluding carboxylic acids is 1. The number of Topliss-reactive ketones (excluding diaryl/α,β-unsaturated/α-hetero) is 1. The van der Waals surface area contributed by atoms with Crippen LogP contribution in [0.3, 0.4) is 0 Å². The molecule has 0 aliphatic carbocycles. The van der Waals surface area contributed by atoms with Crippen molar-refractivity contribution in [1.82, 2.24) is 5.32 Å². The number of carbonyl (C=O) groups is 1. The molecule has 0 fully saturated rings. The maximum atomic E-state index is 12.0. The van der Waals surface area contributed by atoms with Gasteiger partial charge in [-0.15, -0.1) is 0 Å². The predicted octanol–water partition coefficient (Wildman–Crippen LogP) is 1.57. The molecule has 1 aromatic rings. The van der Waals surface area contributed by atoms with Gasteiger partial charge in [-0.2, -0.15) is 0 Å². The van der Waals surface area contributed by atoms with Gasteiger partial charge in [0, 0.05) is 7.05 Å². The summed E-state index contributed by atoms with van der Waals surface area (Å²) in [6.07, 6.45) is -0.432. The molecule has 4 nitrogen and oxygen atoms in total. The van der Waals surface area contributed by atoms with Crippen molar-refractivity contribution in [1.29, 1.82) is 0 Å². The molecule has 0 radical (unpaired) electrons. The number of nitrogens with one attached hydrogen (secondary N) is 1. The lowest BCUT2D eigenvalue weighted by atomic mass is 10.0. The Balaban J connectivity index is 2.47. The van der Waals surface area contributed by atoms with Crippen LogP contribution in [0, 0.1) is 0 Å². The van der Waals surface area contributed by atoms with E-state index in [0.29, 0.717) is 11.5 Å². The normalized spacial score (nSPS) is 19.2. The molecule has 0 amide bonds. The van der Waals surface area contributed by atoms with E-state index in [-0.39, 0.29) is 5.78 Å². The Morgan fingerprint density at radius 1 is 1.41 bits per heavy atom. The zero-order valence-electron chi connectivity index (χ0n) is 10.1. The van der Waals surface area contributed by atoms with Crippen molar-refractivity contribution in [2.45, 2.75) is 13.0 Å². The van der Waals surface area contributed by atoms with Crippen LogP contribution in [-0.4, -0.2) is 26.0 Å². The summed E-state index contributed by atoms with van der Waals surface area (Å²) in [5.74, 6) is 1.23.